The number of anilines is 1. The number of carbonyl (C=O) groups excluding carboxylic acids is 3. The quantitative estimate of drug-likeness (QED) is 0.764. The SMILES string of the molecule is CC(=O)N1CC(=O)N(c2ccsc2)C[C@]12CCN(C(=O)c1cc(C)cc(C)c1)C2. The maximum absolute atomic E-state index is 13.2. The molecule has 1 aromatic heterocycles. The molecule has 0 bridgehead atoms. The third kappa shape index (κ3) is 3.55. The van der Waals surface area contributed by atoms with Gasteiger partial charge in [0.05, 0.1) is 17.8 Å². The maximum Gasteiger partial charge on any atom is 0.253 e. The second kappa shape index (κ2) is 7.30. The van der Waals surface area contributed by atoms with Crippen molar-refractivity contribution in [1.29, 1.82) is 0 Å². The van der Waals surface area contributed by atoms with Crippen molar-refractivity contribution in [2.24, 2.45) is 0 Å². The molecule has 3 heterocycles. The predicted molar refractivity (Wildman–Crippen MR) is 113 cm³/mol. The molecule has 2 saturated heterocycles. The summed E-state index contributed by atoms with van der Waals surface area (Å²) in [5, 5.41) is 3.89. The van der Waals surface area contributed by atoms with E-state index in [-0.39, 0.29) is 24.3 Å². The number of aryl methyl sites for hydroxylation is 2. The highest BCUT2D eigenvalue weighted by Gasteiger charge is 2.51. The number of piperazine rings is 1. The van der Waals surface area contributed by atoms with E-state index in [0.717, 1.165) is 16.8 Å². The van der Waals surface area contributed by atoms with Crippen LogP contribution in [-0.4, -0.2) is 59.2 Å². The number of hydrogen-bond donors (Lipinski definition) is 0. The van der Waals surface area contributed by atoms with Crippen molar-refractivity contribution in [3.8, 4) is 0 Å². The first-order chi connectivity index (χ1) is 13.8. The molecule has 0 aliphatic carbocycles. The fourth-order valence-electron chi connectivity index (χ4n) is 4.61. The molecule has 2 aliphatic heterocycles. The Morgan fingerprint density at radius 1 is 1.10 bits per heavy atom. The standard InChI is InChI=1S/C22H25N3O3S/c1-15-8-16(2)10-18(9-15)21(28)23-6-5-22(13-23)14-24(19-4-7-29-12-19)20(27)11-25(22)17(3)26/h4,7-10,12H,5-6,11,13-14H2,1-3H3/t22-/m1/s1. The zero-order chi connectivity index (χ0) is 20.8. The maximum atomic E-state index is 13.2. The lowest BCUT2D eigenvalue weighted by atomic mass is 9.92. The van der Waals surface area contributed by atoms with Crippen LogP contribution in [0.3, 0.4) is 0 Å². The monoisotopic (exact) mass is 411 g/mol. The van der Waals surface area contributed by atoms with Gasteiger partial charge < -0.3 is 14.7 Å². The van der Waals surface area contributed by atoms with Crippen LogP contribution in [0.25, 0.3) is 0 Å². The number of carbonyl (C=O) groups is 3. The van der Waals surface area contributed by atoms with Crippen molar-refractivity contribution in [3.63, 3.8) is 0 Å². The third-order valence-corrected chi connectivity index (χ3v) is 6.58. The van der Waals surface area contributed by atoms with Gasteiger partial charge in [0, 0.05) is 31.0 Å². The minimum absolute atomic E-state index is 0.0174. The summed E-state index contributed by atoms with van der Waals surface area (Å²) in [6.45, 7) is 6.95. The van der Waals surface area contributed by atoms with Crippen LogP contribution in [0.2, 0.25) is 0 Å². The van der Waals surface area contributed by atoms with Crippen LogP contribution in [0.4, 0.5) is 5.69 Å². The normalized spacial score (nSPS) is 21.9. The van der Waals surface area contributed by atoms with E-state index in [1.807, 2.05) is 53.8 Å². The largest absolute Gasteiger partial charge is 0.336 e. The lowest BCUT2D eigenvalue weighted by molar-refractivity contribution is -0.142. The van der Waals surface area contributed by atoms with E-state index in [0.29, 0.717) is 31.6 Å². The molecule has 152 valence electrons. The summed E-state index contributed by atoms with van der Waals surface area (Å²) in [6.07, 6.45) is 0.664. The van der Waals surface area contributed by atoms with Crippen LogP contribution >= 0.6 is 11.3 Å². The Balaban J connectivity index is 1.62. The molecule has 0 saturated carbocycles. The van der Waals surface area contributed by atoms with Crippen LogP contribution in [0.5, 0.6) is 0 Å². The Morgan fingerprint density at radius 2 is 1.83 bits per heavy atom. The highest BCUT2D eigenvalue weighted by Crippen LogP contribution is 2.35. The van der Waals surface area contributed by atoms with Gasteiger partial charge in [0.2, 0.25) is 11.8 Å². The van der Waals surface area contributed by atoms with Gasteiger partial charge in [-0.15, -0.1) is 0 Å². The summed E-state index contributed by atoms with van der Waals surface area (Å²) >= 11 is 1.54. The number of likely N-dealkylation sites (tertiary alicyclic amines) is 1. The first-order valence-electron chi connectivity index (χ1n) is 9.77. The Bertz CT molecular complexity index is 951. The van der Waals surface area contributed by atoms with E-state index in [1.165, 1.54) is 18.3 Å². The Hall–Kier alpha value is -2.67. The summed E-state index contributed by atoms with van der Waals surface area (Å²) in [4.78, 5) is 43.5. The van der Waals surface area contributed by atoms with Gasteiger partial charge in [0.25, 0.3) is 5.91 Å². The Labute approximate surface area is 174 Å². The molecule has 1 atom stereocenters. The zero-order valence-corrected chi connectivity index (χ0v) is 17.8. The second-order valence-corrected chi connectivity index (χ2v) is 8.92. The van der Waals surface area contributed by atoms with Gasteiger partial charge in [-0.1, -0.05) is 17.2 Å². The van der Waals surface area contributed by atoms with E-state index in [4.69, 9.17) is 0 Å². The molecule has 2 fully saturated rings. The third-order valence-electron chi connectivity index (χ3n) is 5.91. The molecule has 6 nitrogen and oxygen atoms in total. The number of benzene rings is 1. The van der Waals surface area contributed by atoms with Gasteiger partial charge in [-0.2, -0.15) is 11.3 Å². The number of amides is 3. The highest BCUT2D eigenvalue weighted by molar-refractivity contribution is 7.08. The molecule has 0 radical (unpaired) electrons. The van der Waals surface area contributed by atoms with E-state index < -0.39 is 5.54 Å². The predicted octanol–water partition coefficient (Wildman–Crippen LogP) is 2.84. The van der Waals surface area contributed by atoms with Crippen LogP contribution in [0.15, 0.2) is 35.0 Å². The van der Waals surface area contributed by atoms with E-state index in [2.05, 4.69) is 0 Å². The van der Waals surface area contributed by atoms with Gasteiger partial charge in [0.15, 0.2) is 0 Å². The van der Waals surface area contributed by atoms with Crippen molar-refractivity contribution in [2.75, 3.05) is 31.1 Å². The lowest BCUT2D eigenvalue weighted by Gasteiger charge is -2.47. The molecule has 0 unspecified atom stereocenters. The highest BCUT2D eigenvalue weighted by atomic mass is 32.1. The van der Waals surface area contributed by atoms with Gasteiger partial charge in [0.1, 0.15) is 6.54 Å². The van der Waals surface area contributed by atoms with E-state index in [1.54, 1.807) is 9.80 Å². The number of thiophene rings is 1. The second-order valence-electron chi connectivity index (χ2n) is 8.14. The number of hydrogen-bond acceptors (Lipinski definition) is 4. The summed E-state index contributed by atoms with van der Waals surface area (Å²) in [7, 11) is 0. The van der Waals surface area contributed by atoms with Crippen LogP contribution in [0.1, 0.15) is 34.8 Å². The van der Waals surface area contributed by atoms with Crippen molar-refractivity contribution in [3.05, 3.63) is 51.7 Å². The topological polar surface area (TPSA) is 60.9 Å². The van der Waals surface area contributed by atoms with E-state index in [9.17, 15) is 14.4 Å². The smallest absolute Gasteiger partial charge is 0.253 e. The summed E-state index contributed by atoms with van der Waals surface area (Å²) in [5.74, 6) is -0.219. The van der Waals surface area contributed by atoms with Crippen LogP contribution in [-0.2, 0) is 9.59 Å². The molecule has 7 heteroatoms. The van der Waals surface area contributed by atoms with Crippen molar-refractivity contribution >= 4 is 34.7 Å². The fraction of sp³-hybridized carbons (Fsp3) is 0.409. The summed E-state index contributed by atoms with van der Waals surface area (Å²) in [6, 6.07) is 7.79. The van der Waals surface area contributed by atoms with Gasteiger partial charge in [-0.05, 0) is 43.8 Å². The molecule has 1 aromatic carbocycles. The molecule has 1 spiro atoms. The molecule has 0 N–H and O–H groups in total. The minimum atomic E-state index is -0.545. The van der Waals surface area contributed by atoms with Gasteiger partial charge in [-0.3, -0.25) is 14.4 Å². The lowest BCUT2D eigenvalue weighted by Crippen LogP contribution is -2.67. The van der Waals surface area contributed by atoms with Crippen LogP contribution < -0.4 is 4.90 Å². The molecular weight excluding hydrogens is 386 g/mol. The molecule has 3 amide bonds. The summed E-state index contributed by atoms with van der Waals surface area (Å²) < 4.78 is 0. The average Bonchev–Trinajstić information content (AvgIpc) is 3.32. The van der Waals surface area contributed by atoms with E-state index >= 15 is 0 Å². The van der Waals surface area contributed by atoms with Crippen molar-refractivity contribution in [1.82, 2.24) is 9.80 Å². The minimum Gasteiger partial charge on any atom is -0.336 e. The number of nitrogens with zero attached hydrogens (tertiary/aromatic N) is 3. The van der Waals surface area contributed by atoms with Crippen molar-refractivity contribution in [2.45, 2.75) is 32.7 Å². The first kappa shape index (κ1) is 19.6. The Kier molecular flexibility index (Phi) is 4.94. The molecule has 4 rings (SSSR count). The fourth-order valence-corrected chi connectivity index (χ4v) is 5.25. The van der Waals surface area contributed by atoms with Crippen molar-refractivity contribution < 1.29 is 14.4 Å². The number of rotatable bonds is 2. The van der Waals surface area contributed by atoms with Gasteiger partial charge in [-0.25, -0.2) is 0 Å². The zero-order valence-electron chi connectivity index (χ0n) is 17.0. The van der Waals surface area contributed by atoms with Gasteiger partial charge >= 0.3 is 0 Å². The molecule has 29 heavy (non-hydrogen) atoms. The summed E-state index contributed by atoms with van der Waals surface area (Å²) in [5.41, 5.74) is 3.10. The molecule has 2 aromatic rings. The van der Waals surface area contributed by atoms with Crippen LogP contribution in [0, 0.1) is 13.8 Å². The first-order valence-corrected chi connectivity index (χ1v) is 10.7. The molecule has 2 aliphatic rings. The average molecular weight is 412 g/mol. The Morgan fingerprint density at radius 3 is 2.45 bits per heavy atom. The molecular formula is C22H25N3O3S.